The summed E-state index contributed by atoms with van der Waals surface area (Å²) >= 11 is 6.06. The lowest BCUT2D eigenvalue weighted by Crippen LogP contribution is -2.31. The van der Waals surface area contributed by atoms with Gasteiger partial charge < -0.3 is 9.84 Å². The molecule has 0 spiro atoms. The van der Waals surface area contributed by atoms with Crippen LogP contribution in [0.3, 0.4) is 0 Å². The minimum absolute atomic E-state index is 0.0555. The first kappa shape index (κ1) is 17.0. The van der Waals surface area contributed by atoms with E-state index in [0.717, 1.165) is 24.1 Å². The van der Waals surface area contributed by atoms with Crippen LogP contribution in [0.2, 0.25) is 5.02 Å². The lowest BCUT2D eigenvalue weighted by molar-refractivity contribution is 0.0913. The minimum atomic E-state index is -0.823. The molecule has 1 aromatic heterocycles. The Hall–Kier alpha value is -1.85. The molecule has 1 N–H and O–H groups in total. The second kappa shape index (κ2) is 7.36. The number of aliphatic hydroxyl groups is 1. The molecule has 1 aromatic carbocycles. The maximum absolute atomic E-state index is 12.1. The van der Waals surface area contributed by atoms with Crippen molar-refractivity contribution in [3.8, 4) is 5.75 Å². The Morgan fingerprint density at radius 1 is 1.42 bits per heavy atom. The molecule has 128 valence electrons. The van der Waals surface area contributed by atoms with Crippen molar-refractivity contribution in [2.24, 2.45) is 0 Å². The lowest BCUT2D eigenvalue weighted by atomic mass is 9.83. The summed E-state index contributed by atoms with van der Waals surface area (Å²) in [5, 5.41) is 10.6. The largest absolute Gasteiger partial charge is 0.489 e. The highest BCUT2D eigenvalue weighted by atomic mass is 35.5. The fourth-order valence-electron chi connectivity index (χ4n) is 2.69. The average Bonchev–Trinajstić information content (AvgIpc) is 2.49. The van der Waals surface area contributed by atoms with Crippen LogP contribution in [-0.4, -0.2) is 27.4 Å². The third-order valence-electron chi connectivity index (χ3n) is 4.35. The number of rotatable bonds is 6. The second-order valence-electron chi connectivity index (χ2n) is 6.33. The average molecular weight is 349 g/mol. The van der Waals surface area contributed by atoms with E-state index in [1.165, 1.54) is 17.3 Å². The Kier molecular flexibility index (Phi) is 5.21. The van der Waals surface area contributed by atoms with E-state index >= 15 is 0 Å². The Morgan fingerprint density at radius 3 is 2.88 bits per heavy atom. The molecule has 3 rings (SSSR count). The molecule has 0 bridgehead atoms. The predicted octanol–water partition coefficient (Wildman–Crippen LogP) is 2.91. The van der Waals surface area contributed by atoms with Crippen LogP contribution in [0.1, 0.15) is 36.4 Å². The normalized spacial score (nSPS) is 15.8. The summed E-state index contributed by atoms with van der Waals surface area (Å²) < 4.78 is 6.97. The van der Waals surface area contributed by atoms with E-state index in [0.29, 0.717) is 16.7 Å². The lowest BCUT2D eigenvalue weighted by Gasteiger charge is -2.24. The van der Waals surface area contributed by atoms with Gasteiger partial charge in [0.15, 0.2) is 0 Å². The summed E-state index contributed by atoms with van der Waals surface area (Å²) in [6.07, 6.45) is 4.09. The van der Waals surface area contributed by atoms with E-state index in [2.05, 4.69) is 4.98 Å². The molecule has 24 heavy (non-hydrogen) atoms. The minimum Gasteiger partial charge on any atom is -0.489 e. The molecule has 0 amide bonds. The van der Waals surface area contributed by atoms with Gasteiger partial charge in [-0.2, -0.15) is 0 Å². The van der Waals surface area contributed by atoms with E-state index in [1.54, 1.807) is 12.1 Å². The summed E-state index contributed by atoms with van der Waals surface area (Å²) in [4.78, 5) is 16.5. The first-order valence-corrected chi connectivity index (χ1v) is 8.54. The highest BCUT2D eigenvalue weighted by Gasteiger charge is 2.21. The van der Waals surface area contributed by atoms with Crippen LogP contribution in [0.25, 0.3) is 0 Å². The first-order chi connectivity index (χ1) is 11.5. The Labute approximate surface area is 145 Å². The number of benzene rings is 1. The molecule has 6 heteroatoms. The van der Waals surface area contributed by atoms with Crippen LogP contribution in [0.5, 0.6) is 5.75 Å². The Balaban J connectivity index is 1.59. The maximum atomic E-state index is 12.1. The van der Waals surface area contributed by atoms with Crippen LogP contribution < -0.4 is 10.3 Å². The predicted molar refractivity (Wildman–Crippen MR) is 92.8 cm³/mol. The van der Waals surface area contributed by atoms with Crippen molar-refractivity contribution in [2.75, 3.05) is 6.61 Å². The highest BCUT2D eigenvalue weighted by molar-refractivity contribution is 6.32. The summed E-state index contributed by atoms with van der Waals surface area (Å²) in [6.45, 7) is 2.13. The van der Waals surface area contributed by atoms with Gasteiger partial charge in [-0.1, -0.05) is 24.1 Å². The van der Waals surface area contributed by atoms with Crippen LogP contribution >= 0.6 is 11.6 Å². The fraction of sp³-hybridized carbons (Fsp3) is 0.444. The smallest absolute Gasteiger partial charge is 0.253 e. The molecule has 0 unspecified atom stereocenters. The number of hydrogen-bond donors (Lipinski definition) is 1. The van der Waals surface area contributed by atoms with Gasteiger partial charge in [0.25, 0.3) is 5.56 Å². The van der Waals surface area contributed by atoms with Crippen LogP contribution in [-0.2, 0) is 6.54 Å². The number of nitrogens with zero attached hydrogens (tertiary/aromatic N) is 2. The topological polar surface area (TPSA) is 64.3 Å². The van der Waals surface area contributed by atoms with Gasteiger partial charge in [-0.05, 0) is 37.5 Å². The molecule has 5 nitrogen and oxygen atoms in total. The molecule has 1 fully saturated rings. The molecular formula is C18H21ClN2O3. The summed E-state index contributed by atoms with van der Waals surface area (Å²) in [6, 6.07) is 7.04. The third-order valence-corrected chi connectivity index (χ3v) is 4.66. The molecule has 0 aliphatic heterocycles. The van der Waals surface area contributed by atoms with Crippen molar-refractivity contribution in [1.29, 1.82) is 0 Å². The zero-order valence-electron chi connectivity index (χ0n) is 13.6. The monoisotopic (exact) mass is 348 g/mol. The number of aromatic nitrogens is 2. The second-order valence-corrected chi connectivity index (χ2v) is 6.74. The van der Waals surface area contributed by atoms with Gasteiger partial charge in [0.05, 0.1) is 23.6 Å². The van der Waals surface area contributed by atoms with E-state index in [-0.39, 0.29) is 18.7 Å². The van der Waals surface area contributed by atoms with Gasteiger partial charge >= 0.3 is 0 Å². The van der Waals surface area contributed by atoms with Crippen molar-refractivity contribution in [2.45, 2.75) is 44.8 Å². The van der Waals surface area contributed by atoms with Crippen molar-refractivity contribution in [3.63, 3.8) is 0 Å². The quantitative estimate of drug-likeness (QED) is 0.871. The zero-order valence-corrected chi connectivity index (χ0v) is 14.4. The number of halogens is 1. The summed E-state index contributed by atoms with van der Waals surface area (Å²) in [5.74, 6) is 0.950. The first-order valence-electron chi connectivity index (χ1n) is 8.16. The highest BCUT2D eigenvalue weighted by Crippen LogP contribution is 2.34. The van der Waals surface area contributed by atoms with Crippen molar-refractivity contribution >= 4 is 11.6 Å². The SMILES string of the molecule is Cc1ccc(Cl)c(OC[C@@H](O)Cn2cnc(C3CCC3)cc2=O)c1. The standard InChI is InChI=1S/C18H21ClN2O3/c1-12-5-6-15(19)17(7-12)24-10-14(22)9-21-11-20-16(8-18(21)23)13-3-2-4-13/h5-8,11,13-14,22H,2-4,9-10H2,1H3/t14-/m0/s1. The van der Waals surface area contributed by atoms with Crippen LogP contribution in [0, 0.1) is 6.92 Å². The Morgan fingerprint density at radius 2 is 2.21 bits per heavy atom. The summed E-state index contributed by atoms with van der Waals surface area (Å²) in [5.41, 5.74) is 1.75. The van der Waals surface area contributed by atoms with Gasteiger partial charge in [-0.3, -0.25) is 9.36 Å². The van der Waals surface area contributed by atoms with Crippen molar-refractivity contribution < 1.29 is 9.84 Å². The number of ether oxygens (including phenoxy) is 1. The van der Waals surface area contributed by atoms with E-state index in [1.807, 2.05) is 19.1 Å². The molecule has 0 radical (unpaired) electrons. The number of aryl methyl sites for hydroxylation is 1. The summed E-state index contributed by atoms with van der Waals surface area (Å²) in [7, 11) is 0. The van der Waals surface area contributed by atoms with Gasteiger partial charge in [0.1, 0.15) is 18.5 Å². The van der Waals surface area contributed by atoms with Crippen LogP contribution in [0.15, 0.2) is 35.4 Å². The molecule has 1 atom stereocenters. The third kappa shape index (κ3) is 3.97. The van der Waals surface area contributed by atoms with Crippen molar-refractivity contribution in [3.05, 3.63) is 57.2 Å². The van der Waals surface area contributed by atoms with Gasteiger partial charge in [-0.15, -0.1) is 0 Å². The maximum Gasteiger partial charge on any atom is 0.253 e. The molecule has 0 saturated heterocycles. The number of aliphatic hydroxyl groups excluding tert-OH is 1. The molecule has 1 heterocycles. The zero-order chi connectivity index (χ0) is 17.1. The van der Waals surface area contributed by atoms with E-state index < -0.39 is 6.10 Å². The Bertz CT molecular complexity index is 771. The molecule has 1 aliphatic carbocycles. The molecule has 2 aromatic rings. The van der Waals surface area contributed by atoms with Crippen LogP contribution in [0.4, 0.5) is 0 Å². The van der Waals surface area contributed by atoms with E-state index in [9.17, 15) is 9.90 Å². The van der Waals surface area contributed by atoms with Gasteiger partial charge in [0.2, 0.25) is 0 Å². The van der Waals surface area contributed by atoms with Gasteiger partial charge in [0, 0.05) is 12.0 Å². The molecular weight excluding hydrogens is 328 g/mol. The van der Waals surface area contributed by atoms with Gasteiger partial charge in [-0.25, -0.2) is 4.98 Å². The fourth-order valence-corrected chi connectivity index (χ4v) is 2.86. The van der Waals surface area contributed by atoms with Crippen molar-refractivity contribution in [1.82, 2.24) is 9.55 Å². The molecule has 1 aliphatic rings. The molecule has 1 saturated carbocycles. The van der Waals surface area contributed by atoms with E-state index in [4.69, 9.17) is 16.3 Å². The number of hydrogen-bond acceptors (Lipinski definition) is 4.